The van der Waals surface area contributed by atoms with E-state index in [2.05, 4.69) is 21.0 Å². The number of benzene rings is 1. The minimum atomic E-state index is -0.667. The minimum Gasteiger partial charge on any atom is -0.491 e. The maximum absolute atomic E-state index is 14.0. The van der Waals surface area contributed by atoms with Crippen LogP contribution in [0, 0.1) is 17.1 Å². The third-order valence-electron chi connectivity index (χ3n) is 3.09. The molecule has 2 heterocycles. The Morgan fingerprint density at radius 2 is 2.35 bits per heavy atom. The van der Waals surface area contributed by atoms with Crippen LogP contribution in [0.1, 0.15) is 12.0 Å². The lowest BCUT2D eigenvalue weighted by Crippen LogP contribution is -2.13. The third kappa shape index (κ3) is 1.98. The van der Waals surface area contributed by atoms with Crippen molar-refractivity contribution in [3.63, 3.8) is 0 Å². The summed E-state index contributed by atoms with van der Waals surface area (Å²) in [6, 6.07) is 2.99. The first kappa shape index (κ1) is 13.4. The molecule has 102 valence electrons. The number of rotatable bonds is 0. The molecule has 0 saturated heterocycles. The van der Waals surface area contributed by atoms with Crippen LogP contribution in [0.15, 0.2) is 16.7 Å². The molecule has 0 amide bonds. The highest BCUT2D eigenvalue weighted by Gasteiger charge is 2.26. The van der Waals surface area contributed by atoms with Crippen LogP contribution in [0.3, 0.4) is 0 Å². The summed E-state index contributed by atoms with van der Waals surface area (Å²) in [6.45, 7) is 1.06. The quantitative estimate of drug-likeness (QED) is 0.722. The number of aryl methyl sites for hydroxylation is 1. The van der Waals surface area contributed by atoms with Crippen molar-refractivity contribution in [3.8, 4) is 23.1 Å². The van der Waals surface area contributed by atoms with Crippen molar-refractivity contribution in [3.05, 3.63) is 33.1 Å². The SMILES string of the molecule is N#Cc1c(F)cc(Cl)c2c1-c1c(Br)cnn1CCCO2. The van der Waals surface area contributed by atoms with Crippen LogP contribution in [-0.2, 0) is 6.54 Å². The van der Waals surface area contributed by atoms with Crippen molar-refractivity contribution in [1.29, 1.82) is 5.26 Å². The van der Waals surface area contributed by atoms with Gasteiger partial charge >= 0.3 is 0 Å². The lowest BCUT2D eigenvalue weighted by Gasteiger charge is -2.19. The molecule has 3 rings (SSSR count). The first-order valence-electron chi connectivity index (χ1n) is 5.90. The summed E-state index contributed by atoms with van der Waals surface area (Å²) in [5, 5.41) is 13.6. The van der Waals surface area contributed by atoms with Crippen LogP contribution in [0.25, 0.3) is 11.3 Å². The number of hydrogen-bond acceptors (Lipinski definition) is 3. The monoisotopic (exact) mass is 355 g/mol. The van der Waals surface area contributed by atoms with Gasteiger partial charge in [-0.3, -0.25) is 4.68 Å². The molecule has 0 spiro atoms. The van der Waals surface area contributed by atoms with Crippen molar-refractivity contribution < 1.29 is 9.13 Å². The first-order valence-corrected chi connectivity index (χ1v) is 7.07. The maximum atomic E-state index is 14.0. The van der Waals surface area contributed by atoms with Gasteiger partial charge in [-0.05, 0) is 22.0 Å². The Morgan fingerprint density at radius 1 is 1.55 bits per heavy atom. The van der Waals surface area contributed by atoms with Crippen LogP contribution in [0.2, 0.25) is 5.02 Å². The lowest BCUT2D eigenvalue weighted by atomic mass is 10.0. The van der Waals surface area contributed by atoms with Gasteiger partial charge in [-0.15, -0.1) is 0 Å². The van der Waals surface area contributed by atoms with E-state index >= 15 is 0 Å². The zero-order valence-corrected chi connectivity index (χ0v) is 12.5. The average molecular weight is 357 g/mol. The van der Waals surface area contributed by atoms with Gasteiger partial charge in [0.05, 0.1) is 33.6 Å². The predicted octanol–water partition coefficient (Wildman–Crippen LogP) is 3.76. The normalized spacial score (nSPS) is 13.5. The molecular formula is C13H8BrClFN3O. The van der Waals surface area contributed by atoms with E-state index in [4.69, 9.17) is 16.3 Å². The second-order valence-electron chi connectivity index (χ2n) is 4.30. The van der Waals surface area contributed by atoms with Crippen LogP contribution < -0.4 is 4.74 Å². The van der Waals surface area contributed by atoms with Crippen LogP contribution in [-0.4, -0.2) is 16.4 Å². The van der Waals surface area contributed by atoms with Crippen molar-refractivity contribution in [2.75, 3.05) is 6.61 Å². The summed E-state index contributed by atoms with van der Waals surface area (Å²) < 4.78 is 22.0. The maximum Gasteiger partial charge on any atom is 0.148 e. The standard InChI is InChI=1S/C13H8BrClFN3O/c14-8-6-18-19-2-1-3-20-13-9(15)4-10(16)7(5-17)11(13)12(8)19/h4,6H,1-3H2. The smallest absolute Gasteiger partial charge is 0.148 e. The van der Waals surface area contributed by atoms with Crippen LogP contribution in [0.4, 0.5) is 4.39 Å². The van der Waals surface area contributed by atoms with Gasteiger partial charge in [0, 0.05) is 13.0 Å². The summed E-state index contributed by atoms with van der Waals surface area (Å²) >= 11 is 9.45. The molecule has 0 N–H and O–H groups in total. The molecule has 1 aromatic carbocycles. The Labute approximate surface area is 127 Å². The molecule has 7 heteroatoms. The van der Waals surface area contributed by atoms with Crippen molar-refractivity contribution >= 4 is 27.5 Å². The molecule has 0 bridgehead atoms. The zero-order valence-electron chi connectivity index (χ0n) is 10.2. The van der Waals surface area contributed by atoms with Gasteiger partial charge in [0.1, 0.15) is 23.2 Å². The van der Waals surface area contributed by atoms with E-state index in [-0.39, 0.29) is 10.6 Å². The van der Waals surface area contributed by atoms with E-state index < -0.39 is 5.82 Å². The number of halogens is 3. The molecule has 2 aromatic rings. The van der Waals surface area contributed by atoms with Crippen molar-refractivity contribution in [2.24, 2.45) is 0 Å². The van der Waals surface area contributed by atoms with Crippen molar-refractivity contribution in [1.82, 2.24) is 9.78 Å². The number of aromatic nitrogens is 2. The molecule has 0 fully saturated rings. The van der Waals surface area contributed by atoms with Gasteiger partial charge < -0.3 is 4.74 Å². The molecule has 20 heavy (non-hydrogen) atoms. The summed E-state index contributed by atoms with van der Waals surface area (Å²) in [4.78, 5) is 0. The summed E-state index contributed by atoms with van der Waals surface area (Å²) in [5.74, 6) is -0.341. The molecule has 0 aliphatic carbocycles. The molecule has 0 radical (unpaired) electrons. The highest BCUT2D eigenvalue weighted by Crippen LogP contribution is 2.43. The number of hydrogen-bond donors (Lipinski definition) is 0. The average Bonchev–Trinajstić information content (AvgIpc) is 2.73. The van der Waals surface area contributed by atoms with Crippen LogP contribution in [0.5, 0.6) is 5.75 Å². The van der Waals surface area contributed by atoms with E-state index in [1.54, 1.807) is 10.9 Å². The first-order chi connectivity index (χ1) is 9.63. The second-order valence-corrected chi connectivity index (χ2v) is 5.56. The molecule has 1 aliphatic rings. The molecule has 0 saturated carbocycles. The molecule has 0 atom stereocenters. The Bertz CT molecular complexity index is 738. The van der Waals surface area contributed by atoms with E-state index in [1.807, 2.05) is 6.07 Å². The fourth-order valence-corrected chi connectivity index (χ4v) is 2.99. The fraction of sp³-hybridized carbons (Fsp3) is 0.231. The topological polar surface area (TPSA) is 50.8 Å². The molecular weight excluding hydrogens is 349 g/mol. The van der Waals surface area contributed by atoms with Gasteiger partial charge in [0.2, 0.25) is 0 Å². The van der Waals surface area contributed by atoms with Gasteiger partial charge in [0.25, 0.3) is 0 Å². The molecule has 1 aliphatic heterocycles. The van der Waals surface area contributed by atoms with E-state index in [0.29, 0.717) is 34.6 Å². The lowest BCUT2D eigenvalue weighted by molar-refractivity contribution is 0.295. The number of ether oxygens (including phenoxy) is 1. The van der Waals surface area contributed by atoms with E-state index in [9.17, 15) is 9.65 Å². The van der Waals surface area contributed by atoms with E-state index in [0.717, 1.165) is 12.5 Å². The van der Waals surface area contributed by atoms with Crippen molar-refractivity contribution in [2.45, 2.75) is 13.0 Å². The Morgan fingerprint density at radius 3 is 3.10 bits per heavy atom. The highest BCUT2D eigenvalue weighted by atomic mass is 79.9. The summed E-state index contributed by atoms with van der Waals surface area (Å²) in [7, 11) is 0. The van der Waals surface area contributed by atoms with Gasteiger partial charge in [-0.1, -0.05) is 11.6 Å². The van der Waals surface area contributed by atoms with Gasteiger partial charge in [-0.2, -0.15) is 10.4 Å². The number of nitrogens with zero attached hydrogens (tertiary/aromatic N) is 3. The van der Waals surface area contributed by atoms with Gasteiger partial charge in [0.15, 0.2) is 0 Å². The number of fused-ring (bicyclic) bond motifs is 3. The Balaban J connectivity index is 2.43. The zero-order chi connectivity index (χ0) is 14.3. The highest BCUT2D eigenvalue weighted by molar-refractivity contribution is 9.10. The predicted molar refractivity (Wildman–Crippen MR) is 75.2 cm³/mol. The molecule has 0 unspecified atom stereocenters. The van der Waals surface area contributed by atoms with Crippen LogP contribution >= 0.6 is 27.5 Å². The van der Waals surface area contributed by atoms with E-state index in [1.165, 1.54) is 0 Å². The van der Waals surface area contributed by atoms with Gasteiger partial charge in [-0.25, -0.2) is 4.39 Å². The Hall–Kier alpha value is -1.58. The number of nitriles is 1. The second kappa shape index (κ2) is 5.08. The molecule has 4 nitrogen and oxygen atoms in total. The summed E-state index contributed by atoms with van der Waals surface area (Å²) in [5.41, 5.74) is 0.868. The fourth-order valence-electron chi connectivity index (χ4n) is 2.25. The third-order valence-corrected chi connectivity index (χ3v) is 3.95. The minimum absolute atomic E-state index is 0.0891. The Kier molecular flexibility index (Phi) is 3.40. The summed E-state index contributed by atoms with van der Waals surface area (Å²) in [6.07, 6.45) is 2.36. The molecule has 1 aromatic heterocycles. The largest absolute Gasteiger partial charge is 0.491 e.